The van der Waals surface area contributed by atoms with E-state index in [9.17, 15) is 15.0 Å². The maximum atomic E-state index is 10.9. The third kappa shape index (κ3) is 7.21. The van der Waals surface area contributed by atoms with Crippen molar-refractivity contribution in [1.29, 1.82) is 0 Å². The maximum Gasteiger partial charge on any atom is 0.303 e. The van der Waals surface area contributed by atoms with E-state index in [-0.39, 0.29) is 29.0 Å². The molecule has 0 aliphatic heterocycles. The summed E-state index contributed by atoms with van der Waals surface area (Å²) in [5.41, 5.74) is 1.16. The maximum absolute atomic E-state index is 10.9. The van der Waals surface area contributed by atoms with Crippen LogP contribution in [0.4, 0.5) is 0 Å². The lowest BCUT2D eigenvalue weighted by Crippen LogP contribution is -2.24. The summed E-state index contributed by atoms with van der Waals surface area (Å²) in [5, 5.41) is 30.8. The SMILES string of the molecule is O=C(O)CCCCCC[C@@H]1[C@@H](/C=C/CC(O)C2(Cc3ccc(Cl)cc3)CC2)[C@H](O)C[C@H]1Cl. The van der Waals surface area contributed by atoms with Gasteiger partial charge in [0.15, 0.2) is 0 Å². The molecule has 0 heterocycles. The highest BCUT2D eigenvalue weighted by molar-refractivity contribution is 6.30. The molecule has 0 bridgehead atoms. The zero-order chi connectivity index (χ0) is 23.1. The van der Waals surface area contributed by atoms with Crippen molar-refractivity contribution in [2.75, 3.05) is 0 Å². The van der Waals surface area contributed by atoms with Gasteiger partial charge in [0.1, 0.15) is 0 Å². The number of carboxylic acids is 1. The summed E-state index contributed by atoms with van der Waals surface area (Å²) in [6.45, 7) is 0. The molecule has 2 saturated carbocycles. The second kappa shape index (κ2) is 11.9. The van der Waals surface area contributed by atoms with Crippen molar-refractivity contribution in [2.24, 2.45) is 17.3 Å². The van der Waals surface area contributed by atoms with E-state index in [1.165, 1.54) is 5.56 Å². The predicted molar refractivity (Wildman–Crippen MR) is 129 cm³/mol. The number of unbranched alkanes of at least 4 members (excludes halogenated alkanes) is 3. The van der Waals surface area contributed by atoms with E-state index in [1.807, 2.05) is 30.3 Å². The molecule has 1 aromatic rings. The molecule has 1 unspecified atom stereocenters. The number of hydrogen-bond donors (Lipinski definition) is 3. The Morgan fingerprint density at radius 2 is 1.84 bits per heavy atom. The van der Waals surface area contributed by atoms with Crippen molar-refractivity contribution >= 4 is 29.2 Å². The van der Waals surface area contributed by atoms with Gasteiger partial charge in [0.25, 0.3) is 0 Å². The number of aliphatic hydroxyl groups excluding tert-OH is 2. The van der Waals surface area contributed by atoms with E-state index < -0.39 is 18.2 Å². The van der Waals surface area contributed by atoms with Crippen molar-refractivity contribution in [3.63, 3.8) is 0 Å². The fraction of sp³-hybridized carbons (Fsp3) is 0.654. The summed E-state index contributed by atoms with van der Waals surface area (Å²) in [7, 11) is 0. The Labute approximate surface area is 201 Å². The van der Waals surface area contributed by atoms with Gasteiger partial charge < -0.3 is 15.3 Å². The van der Waals surface area contributed by atoms with Gasteiger partial charge in [0, 0.05) is 28.2 Å². The fourth-order valence-electron chi connectivity index (χ4n) is 5.15. The molecule has 178 valence electrons. The number of halogens is 2. The highest BCUT2D eigenvalue weighted by Crippen LogP contribution is 2.52. The molecule has 0 spiro atoms. The summed E-state index contributed by atoms with van der Waals surface area (Å²) in [5.74, 6) is -0.489. The van der Waals surface area contributed by atoms with E-state index in [2.05, 4.69) is 6.08 Å². The second-order valence-electron chi connectivity index (χ2n) is 9.75. The average Bonchev–Trinajstić information content (AvgIpc) is 3.47. The summed E-state index contributed by atoms with van der Waals surface area (Å²) in [6, 6.07) is 7.87. The number of alkyl halides is 1. The minimum Gasteiger partial charge on any atom is -0.481 e. The summed E-state index contributed by atoms with van der Waals surface area (Å²) >= 11 is 12.5. The van der Waals surface area contributed by atoms with Crippen molar-refractivity contribution < 1.29 is 20.1 Å². The van der Waals surface area contributed by atoms with Crippen LogP contribution in [0, 0.1) is 17.3 Å². The van der Waals surface area contributed by atoms with Gasteiger partial charge in [-0.15, -0.1) is 11.6 Å². The summed E-state index contributed by atoms with van der Waals surface area (Å²) in [6.07, 6.45) is 12.2. The van der Waals surface area contributed by atoms with E-state index >= 15 is 0 Å². The van der Waals surface area contributed by atoms with Crippen LogP contribution in [-0.2, 0) is 11.2 Å². The van der Waals surface area contributed by atoms with Crippen molar-refractivity contribution in [1.82, 2.24) is 0 Å². The van der Waals surface area contributed by atoms with Crippen LogP contribution in [0.3, 0.4) is 0 Å². The molecule has 5 atom stereocenters. The molecule has 4 nitrogen and oxygen atoms in total. The van der Waals surface area contributed by atoms with Gasteiger partial charge in [-0.05, 0) is 68.6 Å². The van der Waals surface area contributed by atoms with Crippen LogP contribution >= 0.6 is 23.2 Å². The Bertz CT molecular complexity index is 760. The lowest BCUT2D eigenvalue weighted by atomic mass is 9.87. The van der Waals surface area contributed by atoms with Crippen LogP contribution in [-0.4, -0.2) is 38.9 Å². The van der Waals surface area contributed by atoms with Gasteiger partial charge >= 0.3 is 5.97 Å². The first-order valence-electron chi connectivity index (χ1n) is 11.9. The molecule has 0 radical (unpaired) electrons. The van der Waals surface area contributed by atoms with Crippen LogP contribution in [0.2, 0.25) is 5.02 Å². The minimum absolute atomic E-state index is 0.0233. The Balaban J connectivity index is 1.46. The Hall–Kier alpha value is -1.07. The fourth-order valence-corrected chi connectivity index (χ4v) is 5.76. The first-order chi connectivity index (χ1) is 15.3. The van der Waals surface area contributed by atoms with Crippen LogP contribution < -0.4 is 0 Å². The molecule has 0 saturated heterocycles. The smallest absolute Gasteiger partial charge is 0.303 e. The first kappa shape index (κ1) is 25.6. The minimum atomic E-state index is -0.738. The van der Waals surface area contributed by atoms with E-state index in [0.29, 0.717) is 19.3 Å². The predicted octanol–water partition coefficient (Wildman–Crippen LogP) is 6.00. The molecular formula is C26H36Cl2O4. The summed E-state index contributed by atoms with van der Waals surface area (Å²) < 4.78 is 0. The highest BCUT2D eigenvalue weighted by Gasteiger charge is 2.48. The Kier molecular flexibility index (Phi) is 9.48. The topological polar surface area (TPSA) is 77.8 Å². The third-order valence-electron chi connectivity index (χ3n) is 7.33. The van der Waals surface area contributed by atoms with Crippen molar-refractivity contribution in [2.45, 2.75) is 88.2 Å². The molecule has 1 aromatic carbocycles. The Morgan fingerprint density at radius 3 is 2.50 bits per heavy atom. The number of hydrogen-bond acceptors (Lipinski definition) is 3. The normalized spacial score (nSPS) is 27.6. The first-order valence-corrected chi connectivity index (χ1v) is 12.8. The van der Waals surface area contributed by atoms with Gasteiger partial charge in [-0.1, -0.05) is 55.1 Å². The quantitative estimate of drug-likeness (QED) is 0.183. The largest absolute Gasteiger partial charge is 0.481 e. The number of benzene rings is 1. The monoisotopic (exact) mass is 482 g/mol. The number of aliphatic hydroxyl groups is 2. The molecule has 3 rings (SSSR count). The van der Waals surface area contributed by atoms with E-state index in [1.54, 1.807) is 0 Å². The average molecular weight is 483 g/mol. The molecule has 3 N–H and O–H groups in total. The second-order valence-corrected chi connectivity index (χ2v) is 10.7. The number of rotatable bonds is 13. The van der Waals surface area contributed by atoms with Crippen LogP contribution in [0.1, 0.15) is 69.8 Å². The number of carbonyl (C=O) groups is 1. The number of carboxylic acid groups (broad SMARTS) is 1. The number of aliphatic carboxylic acids is 1. The zero-order valence-electron chi connectivity index (χ0n) is 18.6. The summed E-state index contributed by atoms with van der Waals surface area (Å²) in [4.78, 5) is 10.6. The van der Waals surface area contributed by atoms with Crippen LogP contribution in [0.25, 0.3) is 0 Å². The molecule has 32 heavy (non-hydrogen) atoms. The molecule has 6 heteroatoms. The highest BCUT2D eigenvalue weighted by atomic mass is 35.5. The van der Waals surface area contributed by atoms with Crippen LogP contribution in [0.5, 0.6) is 0 Å². The van der Waals surface area contributed by atoms with E-state index in [0.717, 1.165) is 50.0 Å². The third-order valence-corrected chi connectivity index (χ3v) is 8.09. The van der Waals surface area contributed by atoms with E-state index in [4.69, 9.17) is 28.3 Å². The molecular weight excluding hydrogens is 447 g/mol. The molecule has 2 aliphatic rings. The van der Waals surface area contributed by atoms with Gasteiger partial charge in [0.2, 0.25) is 0 Å². The van der Waals surface area contributed by atoms with Gasteiger partial charge in [-0.2, -0.15) is 0 Å². The van der Waals surface area contributed by atoms with Gasteiger partial charge in [0.05, 0.1) is 12.2 Å². The molecule has 0 amide bonds. The molecule has 2 fully saturated rings. The van der Waals surface area contributed by atoms with Gasteiger partial charge in [-0.25, -0.2) is 0 Å². The standard InChI is InChI=1S/C26H36Cl2O4/c27-19-12-10-18(11-13-19)17-26(14-15-26)24(30)8-5-7-21-20(22(28)16-23(21)29)6-3-1-2-4-9-25(31)32/h5,7,10-13,20-24,29-30H,1-4,6,8-9,14-17H2,(H,31,32)/b7-5+/t20-,21-,22-,23-,24?/m1/s1. The van der Waals surface area contributed by atoms with Crippen molar-refractivity contribution in [3.8, 4) is 0 Å². The van der Waals surface area contributed by atoms with Crippen molar-refractivity contribution in [3.05, 3.63) is 47.0 Å². The molecule has 0 aromatic heterocycles. The van der Waals surface area contributed by atoms with Gasteiger partial charge in [-0.3, -0.25) is 4.79 Å². The van der Waals surface area contributed by atoms with Crippen LogP contribution in [0.15, 0.2) is 36.4 Å². The lowest BCUT2D eigenvalue weighted by molar-refractivity contribution is -0.137. The zero-order valence-corrected chi connectivity index (χ0v) is 20.1. The molecule has 2 aliphatic carbocycles. The lowest BCUT2D eigenvalue weighted by Gasteiger charge is -2.23. The Morgan fingerprint density at radius 1 is 1.16 bits per heavy atom.